The average Bonchev–Trinajstić information content (AvgIpc) is 2.87. The Morgan fingerprint density at radius 2 is 1.97 bits per heavy atom. The summed E-state index contributed by atoms with van der Waals surface area (Å²) >= 11 is 9.77. The fourth-order valence-corrected chi connectivity index (χ4v) is 4.22. The highest BCUT2D eigenvalue weighted by molar-refractivity contribution is 9.10. The quantitative estimate of drug-likeness (QED) is 0.134. The van der Waals surface area contributed by atoms with Gasteiger partial charge in [-0.15, -0.1) is 0 Å². The number of rotatable bonds is 8. The lowest BCUT2D eigenvalue weighted by molar-refractivity contribution is -0.385. The predicted molar refractivity (Wildman–Crippen MR) is 144 cm³/mol. The largest absolute Gasteiger partial charge is 0.481 e. The first-order chi connectivity index (χ1) is 17.3. The number of nitro benzene ring substituents is 1. The predicted octanol–water partition coefficient (Wildman–Crippen LogP) is 6.70. The Morgan fingerprint density at radius 1 is 1.22 bits per heavy atom. The highest BCUT2D eigenvalue weighted by Crippen LogP contribution is 2.36. The van der Waals surface area contributed by atoms with Gasteiger partial charge in [0.15, 0.2) is 0 Å². The van der Waals surface area contributed by atoms with Crippen LogP contribution in [-0.2, 0) is 6.61 Å². The van der Waals surface area contributed by atoms with Gasteiger partial charge in [-0.25, -0.2) is 4.98 Å². The van der Waals surface area contributed by atoms with E-state index >= 15 is 0 Å². The summed E-state index contributed by atoms with van der Waals surface area (Å²) in [5, 5.41) is 16.6. The maximum Gasteiger partial charge on any atom is 0.313 e. The molecule has 0 saturated carbocycles. The number of aromatic nitrogens is 2. The van der Waals surface area contributed by atoms with Gasteiger partial charge in [-0.2, -0.15) is 9.78 Å². The molecule has 1 atom stereocenters. The van der Waals surface area contributed by atoms with Crippen LogP contribution >= 0.6 is 27.5 Å². The first-order valence-corrected chi connectivity index (χ1v) is 12.4. The first-order valence-electron chi connectivity index (χ1n) is 11.2. The number of hydrogen-bond acceptors (Lipinski definition) is 6. The standard InChI is InChI=1S/C26H22BrClN4O4/c1-3-16(2)25-30-22-10-9-19(27)13-20(22)26(33)31(25)29-14-18-11-21(28)24(23(12-18)32(34)35)36-15-17-7-5-4-6-8-17/h4-14,16H,3,15H2,1-2H3/t16-/m1/s1. The van der Waals surface area contributed by atoms with Crippen molar-refractivity contribution in [2.75, 3.05) is 0 Å². The maximum atomic E-state index is 13.3. The van der Waals surface area contributed by atoms with E-state index in [2.05, 4.69) is 26.0 Å². The molecular formula is C26H22BrClN4O4. The van der Waals surface area contributed by atoms with Crippen LogP contribution in [0.5, 0.6) is 5.75 Å². The van der Waals surface area contributed by atoms with Gasteiger partial charge in [0.25, 0.3) is 5.56 Å². The van der Waals surface area contributed by atoms with Crippen molar-refractivity contribution < 1.29 is 9.66 Å². The molecule has 4 rings (SSSR count). The highest BCUT2D eigenvalue weighted by Gasteiger charge is 2.21. The molecule has 0 spiro atoms. The molecule has 1 heterocycles. The fraction of sp³-hybridized carbons (Fsp3) is 0.192. The number of benzene rings is 3. The van der Waals surface area contributed by atoms with Crippen LogP contribution in [0, 0.1) is 10.1 Å². The molecule has 0 radical (unpaired) electrons. The molecule has 0 aliphatic rings. The molecule has 0 N–H and O–H groups in total. The van der Waals surface area contributed by atoms with Crippen LogP contribution in [-0.4, -0.2) is 20.8 Å². The van der Waals surface area contributed by atoms with E-state index in [1.54, 1.807) is 12.1 Å². The molecule has 0 unspecified atom stereocenters. The fourth-order valence-electron chi connectivity index (χ4n) is 3.59. The van der Waals surface area contributed by atoms with E-state index in [0.29, 0.717) is 22.3 Å². The maximum absolute atomic E-state index is 13.3. The molecule has 0 saturated heterocycles. The third kappa shape index (κ3) is 5.47. The third-order valence-electron chi connectivity index (χ3n) is 5.68. The van der Waals surface area contributed by atoms with Crippen LogP contribution in [0.25, 0.3) is 10.9 Å². The SMILES string of the molecule is CC[C@@H](C)c1nc2ccc(Br)cc2c(=O)n1N=Cc1cc(Cl)c(OCc2ccccc2)c([N+](=O)[O-])c1. The van der Waals surface area contributed by atoms with Gasteiger partial charge in [-0.05, 0) is 36.2 Å². The molecule has 10 heteroatoms. The van der Waals surface area contributed by atoms with Crippen molar-refractivity contribution in [3.63, 3.8) is 0 Å². The second-order valence-electron chi connectivity index (χ2n) is 8.18. The molecular weight excluding hydrogens is 548 g/mol. The first kappa shape index (κ1) is 25.5. The third-order valence-corrected chi connectivity index (χ3v) is 6.45. The smallest absolute Gasteiger partial charge is 0.313 e. The zero-order valence-electron chi connectivity index (χ0n) is 19.5. The average molecular weight is 570 g/mol. The zero-order chi connectivity index (χ0) is 25.8. The summed E-state index contributed by atoms with van der Waals surface area (Å²) in [5.41, 5.74) is 1.13. The number of fused-ring (bicyclic) bond motifs is 1. The summed E-state index contributed by atoms with van der Waals surface area (Å²) < 4.78 is 7.67. The molecule has 184 valence electrons. The van der Waals surface area contributed by atoms with Gasteiger partial charge in [0.2, 0.25) is 5.75 Å². The van der Waals surface area contributed by atoms with E-state index < -0.39 is 4.92 Å². The second kappa shape index (κ2) is 11.0. The molecule has 0 aliphatic carbocycles. The minimum absolute atomic E-state index is 0.0302. The van der Waals surface area contributed by atoms with Crippen molar-refractivity contribution in [1.82, 2.24) is 9.66 Å². The summed E-state index contributed by atoms with van der Waals surface area (Å²) in [6.45, 7) is 4.08. The van der Waals surface area contributed by atoms with Gasteiger partial charge in [0.05, 0.1) is 27.1 Å². The van der Waals surface area contributed by atoms with Crippen LogP contribution in [0.4, 0.5) is 5.69 Å². The molecule has 3 aromatic carbocycles. The molecule has 0 bridgehead atoms. The lowest BCUT2D eigenvalue weighted by atomic mass is 10.1. The van der Waals surface area contributed by atoms with Crippen molar-refractivity contribution in [2.24, 2.45) is 5.10 Å². The van der Waals surface area contributed by atoms with E-state index in [1.807, 2.05) is 50.2 Å². The Hall–Kier alpha value is -3.56. The summed E-state index contributed by atoms with van der Waals surface area (Å²) in [7, 11) is 0. The molecule has 1 aromatic heterocycles. The number of nitro groups is 1. The van der Waals surface area contributed by atoms with Crippen LogP contribution in [0.3, 0.4) is 0 Å². The van der Waals surface area contributed by atoms with Crippen LogP contribution in [0.1, 0.15) is 43.1 Å². The molecule has 8 nitrogen and oxygen atoms in total. The van der Waals surface area contributed by atoms with Crippen molar-refractivity contribution in [3.8, 4) is 5.75 Å². The van der Waals surface area contributed by atoms with E-state index in [0.717, 1.165) is 16.5 Å². The van der Waals surface area contributed by atoms with Crippen LogP contribution < -0.4 is 10.3 Å². The highest BCUT2D eigenvalue weighted by atomic mass is 79.9. The molecule has 4 aromatic rings. The van der Waals surface area contributed by atoms with Crippen molar-refractivity contribution in [1.29, 1.82) is 0 Å². The van der Waals surface area contributed by atoms with Gasteiger partial charge >= 0.3 is 5.69 Å². The lowest BCUT2D eigenvalue weighted by Crippen LogP contribution is -2.23. The monoisotopic (exact) mass is 568 g/mol. The summed E-state index contributed by atoms with van der Waals surface area (Å²) in [6, 6.07) is 17.4. The van der Waals surface area contributed by atoms with Crippen LogP contribution in [0.15, 0.2) is 75.0 Å². The molecule has 0 fully saturated rings. The van der Waals surface area contributed by atoms with Crippen molar-refractivity contribution >= 4 is 50.3 Å². The topological polar surface area (TPSA) is 99.6 Å². The normalized spacial score (nSPS) is 12.2. The summed E-state index contributed by atoms with van der Waals surface area (Å²) in [6.07, 6.45) is 2.10. The molecule has 0 aliphatic heterocycles. The summed E-state index contributed by atoms with van der Waals surface area (Å²) in [4.78, 5) is 29.2. The van der Waals surface area contributed by atoms with Crippen molar-refractivity contribution in [3.05, 3.63) is 108 Å². The summed E-state index contributed by atoms with van der Waals surface area (Å²) in [5.74, 6) is 0.420. The van der Waals surface area contributed by atoms with Gasteiger partial charge in [-0.1, -0.05) is 71.7 Å². The Kier molecular flexibility index (Phi) is 7.81. The number of ether oxygens (including phenoxy) is 1. The van der Waals surface area contributed by atoms with E-state index in [1.165, 1.54) is 23.0 Å². The number of nitrogens with zero attached hydrogens (tertiary/aromatic N) is 4. The lowest BCUT2D eigenvalue weighted by Gasteiger charge is -2.14. The van der Waals surface area contributed by atoms with Crippen LogP contribution in [0.2, 0.25) is 5.02 Å². The minimum Gasteiger partial charge on any atom is -0.481 e. The molecule has 36 heavy (non-hydrogen) atoms. The Bertz CT molecular complexity index is 1520. The van der Waals surface area contributed by atoms with Gasteiger partial charge < -0.3 is 4.74 Å². The van der Waals surface area contributed by atoms with E-state index in [9.17, 15) is 14.9 Å². The number of hydrogen-bond donors (Lipinski definition) is 0. The van der Waals surface area contributed by atoms with Gasteiger partial charge in [0.1, 0.15) is 12.4 Å². The zero-order valence-corrected chi connectivity index (χ0v) is 21.9. The second-order valence-corrected chi connectivity index (χ2v) is 9.51. The Balaban J connectivity index is 1.75. The van der Waals surface area contributed by atoms with E-state index in [-0.39, 0.29) is 34.5 Å². The molecule has 0 amide bonds. The number of halogens is 2. The van der Waals surface area contributed by atoms with Crippen molar-refractivity contribution in [2.45, 2.75) is 32.8 Å². The van der Waals surface area contributed by atoms with E-state index in [4.69, 9.17) is 16.3 Å². The Morgan fingerprint density at radius 3 is 2.67 bits per heavy atom. The van der Waals surface area contributed by atoms with Gasteiger partial charge in [-0.3, -0.25) is 14.9 Å². The Labute approximate surface area is 220 Å². The van der Waals surface area contributed by atoms with Gasteiger partial charge in [0, 0.05) is 22.0 Å². The minimum atomic E-state index is -0.560.